The van der Waals surface area contributed by atoms with Gasteiger partial charge in [-0.15, -0.1) is 11.3 Å². The maximum absolute atomic E-state index is 12.3. The average Bonchev–Trinajstić information content (AvgIpc) is 2.95. The molecule has 0 unspecified atom stereocenters. The van der Waals surface area contributed by atoms with Crippen molar-refractivity contribution in [2.75, 3.05) is 0 Å². The van der Waals surface area contributed by atoms with Gasteiger partial charge in [-0.25, -0.2) is 0 Å². The summed E-state index contributed by atoms with van der Waals surface area (Å²) in [7, 11) is 0. The Kier molecular flexibility index (Phi) is 2.56. The van der Waals surface area contributed by atoms with Crippen LogP contribution in [0.2, 0.25) is 0 Å². The Morgan fingerprint density at radius 1 is 1.17 bits per heavy atom. The van der Waals surface area contributed by atoms with E-state index >= 15 is 0 Å². The van der Waals surface area contributed by atoms with E-state index in [1.165, 1.54) is 11.3 Å². The Morgan fingerprint density at radius 3 is 2.67 bits per heavy atom. The van der Waals surface area contributed by atoms with Crippen LogP contribution in [0.15, 0.2) is 40.1 Å². The smallest absolute Gasteiger partial charge is 0.238 e. The van der Waals surface area contributed by atoms with Crippen LogP contribution in [0.3, 0.4) is 0 Å². The number of hydrogen-bond donors (Lipinski definition) is 0. The van der Waals surface area contributed by atoms with E-state index in [1.807, 2.05) is 49.6 Å². The van der Waals surface area contributed by atoms with Crippen molar-refractivity contribution < 1.29 is 9.21 Å². The SMILES string of the molecule is Cc1ccsc1C(=O)c1cc2cccc(C)c2o1. The van der Waals surface area contributed by atoms with Crippen LogP contribution in [0, 0.1) is 13.8 Å². The molecule has 18 heavy (non-hydrogen) atoms. The van der Waals surface area contributed by atoms with Gasteiger partial charge in [-0.1, -0.05) is 18.2 Å². The predicted octanol–water partition coefficient (Wildman–Crippen LogP) is 4.34. The van der Waals surface area contributed by atoms with Crippen molar-refractivity contribution >= 4 is 28.1 Å². The number of aryl methyl sites for hydroxylation is 2. The molecule has 3 aromatic rings. The molecule has 0 saturated carbocycles. The lowest BCUT2D eigenvalue weighted by Crippen LogP contribution is -1.97. The molecular weight excluding hydrogens is 244 g/mol. The third kappa shape index (κ3) is 1.68. The number of ketones is 1. The Labute approximate surface area is 109 Å². The zero-order valence-electron chi connectivity index (χ0n) is 10.2. The van der Waals surface area contributed by atoms with Crippen LogP contribution in [0.4, 0.5) is 0 Å². The molecule has 0 spiro atoms. The second kappa shape index (κ2) is 4.10. The molecule has 0 radical (unpaired) electrons. The third-order valence-electron chi connectivity index (χ3n) is 3.03. The first kappa shape index (κ1) is 11.2. The van der Waals surface area contributed by atoms with E-state index in [0.717, 1.165) is 27.0 Å². The number of carbonyl (C=O) groups excluding carboxylic acids is 1. The predicted molar refractivity (Wildman–Crippen MR) is 73.4 cm³/mol. The van der Waals surface area contributed by atoms with Crippen molar-refractivity contribution in [2.45, 2.75) is 13.8 Å². The van der Waals surface area contributed by atoms with E-state index in [0.29, 0.717) is 5.76 Å². The lowest BCUT2D eigenvalue weighted by atomic mass is 10.1. The first-order valence-corrected chi connectivity index (χ1v) is 6.63. The molecule has 2 nitrogen and oxygen atoms in total. The minimum Gasteiger partial charge on any atom is -0.452 e. The largest absolute Gasteiger partial charge is 0.452 e. The standard InChI is InChI=1S/C15H12O2S/c1-9-4-3-5-11-8-12(17-14(9)11)13(16)15-10(2)6-7-18-15/h3-8H,1-2H3. The minimum atomic E-state index is -0.0295. The molecule has 90 valence electrons. The van der Waals surface area contributed by atoms with E-state index in [-0.39, 0.29) is 5.78 Å². The van der Waals surface area contributed by atoms with E-state index in [9.17, 15) is 4.79 Å². The molecule has 0 aliphatic carbocycles. The number of para-hydroxylation sites is 1. The van der Waals surface area contributed by atoms with Gasteiger partial charge in [0.05, 0.1) is 4.88 Å². The molecule has 0 aliphatic heterocycles. The molecule has 0 atom stereocenters. The van der Waals surface area contributed by atoms with Gasteiger partial charge in [0, 0.05) is 5.39 Å². The van der Waals surface area contributed by atoms with Gasteiger partial charge >= 0.3 is 0 Å². The fraction of sp³-hybridized carbons (Fsp3) is 0.133. The summed E-state index contributed by atoms with van der Waals surface area (Å²) in [6.07, 6.45) is 0. The Hall–Kier alpha value is -1.87. The molecule has 3 heteroatoms. The Morgan fingerprint density at radius 2 is 2.00 bits per heavy atom. The monoisotopic (exact) mass is 256 g/mol. The second-order valence-corrected chi connectivity index (χ2v) is 5.28. The highest BCUT2D eigenvalue weighted by Gasteiger charge is 2.18. The summed E-state index contributed by atoms with van der Waals surface area (Å²) in [5.41, 5.74) is 2.85. The highest BCUT2D eigenvalue weighted by atomic mass is 32.1. The topological polar surface area (TPSA) is 30.2 Å². The molecule has 0 N–H and O–H groups in total. The first-order valence-electron chi connectivity index (χ1n) is 5.75. The Balaban J connectivity index is 2.13. The van der Waals surface area contributed by atoms with Gasteiger partial charge in [0.1, 0.15) is 5.58 Å². The molecular formula is C15H12O2S. The van der Waals surface area contributed by atoms with Crippen molar-refractivity contribution in [1.29, 1.82) is 0 Å². The van der Waals surface area contributed by atoms with Gasteiger partial charge in [-0.3, -0.25) is 4.79 Å². The van der Waals surface area contributed by atoms with E-state index in [2.05, 4.69) is 0 Å². The minimum absolute atomic E-state index is 0.0295. The zero-order chi connectivity index (χ0) is 12.7. The van der Waals surface area contributed by atoms with Crippen molar-refractivity contribution in [3.05, 3.63) is 57.5 Å². The lowest BCUT2D eigenvalue weighted by molar-refractivity contribution is 0.101. The van der Waals surface area contributed by atoms with Gasteiger partial charge in [0.15, 0.2) is 5.76 Å². The molecule has 0 bridgehead atoms. The van der Waals surface area contributed by atoms with Crippen molar-refractivity contribution in [1.82, 2.24) is 0 Å². The van der Waals surface area contributed by atoms with Crippen LogP contribution >= 0.6 is 11.3 Å². The van der Waals surface area contributed by atoms with Gasteiger partial charge in [0.2, 0.25) is 5.78 Å². The number of thiophene rings is 1. The highest BCUT2D eigenvalue weighted by Crippen LogP contribution is 2.26. The zero-order valence-corrected chi connectivity index (χ0v) is 11.0. The number of fused-ring (bicyclic) bond motifs is 1. The van der Waals surface area contributed by atoms with Gasteiger partial charge in [0.25, 0.3) is 0 Å². The summed E-state index contributed by atoms with van der Waals surface area (Å²) in [4.78, 5) is 13.1. The maximum atomic E-state index is 12.3. The number of carbonyl (C=O) groups is 1. The van der Waals surface area contributed by atoms with Crippen LogP contribution in [0.1, 0.15) is 26.6 Å². The molecule has 2 heterocycles. The van der Waals surface area contributed by atoms with Gasteiger partial charge in [-0.05, 0) is 42.5 Å². The highest BCUT2D eigenvalue weighted by molar-refractivity contribution is 7.12. The average molecular weight is 256 g/mol. The van der Waals surface area contributed by atoms with Gasteiger partial charge < -0.3 is 4.42 Å². The van der Waals surface area contributed by atoms with Crippen LogP contribution < -0.4 is 0 Å². The molecule has 0 fully saturated rings. The fourth-order valence-corrected chi connectivity index (χ4v) is 2.91. The summed E-state index contributed by atoms with van der Waals surface area (Å²) in [5, 5.41) is 2.91. The van der Waals surface area contributed by atoms with Crippen molar-refractivity contribution in [3.8, 4) is 0 Å². The van der Waals surface area contributed by atoms with Crippen LogP contribution in [0.25, 0.3) is 11.0 Å². The molecule has 0 amide bonds. The van der Waals surface area contributed by atoms with Crippen molar-refractivity contribution in [2.24, 2.45) is 0 Å². The Bertz CT molecular complexity index is 734. The molecule has 3 rings (SSSR count). The number of rotatable bonds is 2. The van der Waals surface area contributed by atoms with Gasteiger partial charge in [-0.2, -0.15) is 0 Å². The summed E-state index contributed by atoms with van der Waals surface area (Å²) in [5.74, 6) is 0.392. The third-order valence-corrected chi connectivity index (χ3v) is 4.05. The number of benzene rings is 1. The summed E-state index contributed by atoms with van der Waals surface area (Å²) in [6, 6.07) is 9.69. The lowest BCUT2D eigenvalue weighted by Gasteiger charge is -1.95. The summed E-state index contributed by atoms with van der Waals surface area (Å²) in [6.45, 7) is 3.92. The van der Waals surface area contributed by atoms with Crippen LogP contribution in [-0.2, 0) is 0 Å². The first-order chi connectivity index (χ1) is 8.66. The maximum Gasteiger partial charge on any atom is 0.238 e. The van der Waals surface area contributed by atoms with E-state index < -0.39 is 0 Å². The molecule has 0 saturated heterocycles. The quantitative estimate of drug-likeness (QED) is 0.638. The molecule has 2 aromatic heterocycles. The normalized spacial score (nSPS) is 11.0. The molecule has 0 aliphatic rings. The van der Waals surface area contributed by atoms with E-state index in [4.69, 9.17) is 4.42 Å². The fourth-order valence-electron chi connectivity index (χ4n) is 2.04. The second-order valence-electron chi connectivity index (χ2n) is 4.37. The summed E-state index contributed by atoms with van der Waals surface area (Å²) >= 11 is 1.46. The number of furan rings is 1. The van der Waals surface area contributed by atoms with Crippen LogP contribution in [0.5, 0.6) is 0 Å². The number of hydrogen-bond acceptors (Lipinski definition) is 3. The summed E-state index contributed by atoms with van der Waals surface area (Å²) < 4.78 is 5.70. The van der Waals surface area contributed by atoms with Crippen LogP contribution in [-0.4, -0.2) is 5.78 Å². The molecule has 1 aromatic carbocycles. The van der Waals surface area contributed by atoms with E-state index in [1.54, 1.807) is 0 Å². The van der Waals surface area contributed by atoms with Crippen molar-refractivity contribution in [3.63, 3.8) is 0 Å².